The lowest BCUT2D eigenvalue weighted by Gasteiger charge is -2.28. The van der Waals surface area contributed by atoms with E-state index in [-0.39, 0.29) is 0 Å². The van der Waals surface area contributed by atoms with Gasteiger partial charge in [0.25, 0.3) is 0 Å². The Labute approximate surface area is 121 Å². The van der Waals surface area contributed by atoms with Crippen LogP contribution in [0.2, 0.25) is 0 Å². The van der Waals surface area contributed by atoms with E-state index in [1.54, 1.807) is 0 Å². The van der Waals surface area contributed by atoms with Gasteiger partial charge in [-0.05, 0) is 37.0 Å². The molecule has 0 heterocycles. The summed E-state index contributed by atoms with van der Waals surface area (Å²) in [7, 11) is 0. The second-order valence-electron chi connectivity index (χ2n) is 5.24. The summed E-state index contributed by atoms with van der Waals surface area (Å²) >= 11 is 1.43. The van der Waals surface area contributed by atoms with Gasteiger partial charge >= 0.3 is 6.18 Å². The van der Waals surface area contributed by atoms with Crippen molar-refractivity contribution in [1.82, 2.24) is 0 Å². The average molecular weight is 299 g/mol. The van der Waals surface area contributed by atoms with Crippen molar-refractivity contribution in [2.45, 2.75) is 48.9 Å². The summed E-state index contributed by atoms with van der Waals surface area (Å²) < 4.78 is 38.3. The Morgan fingerprint density at radius 3 is 2.55 bits per heavy atom. The van der Waals surface area contributed by atoms with Gasteiger partial charge in [0.1, 0.15) is 6.07 Å². The third-order valence-corrected chi connectivity index (χ3v) is 5.34. The molecule has 1 aromatic carbocycles. The molecule has 0 saturated heterocycles. The third kappa shape index (κ3) is 3.49. The van der Waals surface area contributed by atoms with Gasteiger partial charge in [-0.1, -0.05) is 19.8 Å². The number of benzene rings is 1. The minimum atomic E-state index is -4.36. The van der Waals surface area contributed by atoms with Crippen LogP contribution in [0.15, 0.2) is 23.1 Å². The first kappa shape index (κ1) is 15.2. The summed E-state index contributed by atoms with van der Waals surface area (Å²) in [6.07, 6.45) is 0.0573. The zero-order valence-electron chi connectivity index (χ0n) is 11.2. The number of alkyl halides is 3. The van der Waals surface area contributed by atoms with Crippen LogP contribution in [0, 0.1) is 17.2 Å². The van der Waals surface area contributed by atoms with E-state index in [1.807, 2.05) is 6.07 Å². The molecule has 1 fully saturated rings. The first-order valence-electron chi connectivity index (χ1n) is 6.70. The van der Waals surface area contributed by atoms with E-state index < -0.39 is 11.7 Å². The number of thioether (sulfide) groups is 1. The van der Waals surface area contributed by atoms with E-state index in [0.29, 0.717) is 21.6 Å². The van der Waals surface area contributed by atoms with Crippen molar-refractivity contribution in [2.24, 2.45) is 5.92 Å². The highest BCUT2D eigenvalue weighted by atomic mass is 32.2. The van der Waals surface area contributed by atoms with Gasteiger partial charge in [0.05, 0.1) is 11.1 Å². The molecule has 0 bridgehead atoms. The lowest BCUT2D eigenvalue weighted by atomic mass is 9.90. The quantitative estimate of drug-likeness (QED) is 0.745. The molecule has 2 rings (SSSR count). The minimum absolute atomic E-state index is 0.305. The number of nitrogens with zero attached hydrogens (tertiary/aromatic N) is 1. The summed E-state index contributed by atoms with van der Waals surface area (Å²) in [4.78, 5) is 0.459. The SMILES string of the molecule is CC1CCCCC1Sc1cc(C(F)(F)F)ccc1C#N. The zero-order valence-corrected chi connectivity index (χ0v) is 12.0. The fourth-order valence-electron chi connectivity index (χ4n) is 2.51. The fraction of sp³-hybridized carbons (Fsp3) is 0.533. The highest BCUT2D eigenvalue weighted by Crippen LogP contribution is 2.40. The Kier molecular flexibility index (Phi) is 4.64. The first-order valence-corrected chi connectivity index (χ1v) is 7.58. The molecule has 0 aromatic heterocycles. The Bertz CT molecular complexity index is 519. The maximum atomic E-state index is 12.8. The Balaban J connectivity index is 2.27. The first-order chi connectivity index (χ1) is 9.41. The molecule has 1 aromatic rings. The number of hydrogen-bond donors (Lipinski definition) is 0. The van der Waals surface area contributed by atoms with E-state index in [9.17, 15) is 13.2 Å². The maximum Gasteiger partial charge on any atom is 0.416 e. The lowest BCUT2D eigenvalue weighted by molar-refractivity contribution is -0.137. The predicted molar refractivity (Wildman–Crippen MR) is 73.4 cm³/mol. The van der Waals surface area contributed by atoms with E-state index in [0.717, 1.165) is 31.4 Å². The summed E-state index contributed by atoms with van der Waals surface area (Å²) in [5.74, 6) is 0.481. The molecule has 1 aliphatic rings. The van der Waals surface area contributed by atoms with Crippen molar-refractivity contribution in [1.29, 1.82) is 5.26 Å². The van der Waals surface area contributed by atoms with E-state index in [1.165, 1.54) is 24.2 Å². The summed E-state index contributed by atoms with van der Waals surface area (Å²) in [6.45, 7) is 2.14. The standard InChI is InChI=1S/C15H16F3NS/c1-10-4-2-3-5-13(10)20-14-8-12(15(16,17)18)7-6-11(14)9-19/h6-8,10,13H,2-5H2,1H3. The van der Waals surface area contributed by atoms with E-state index >= 15 is 0 Å². The Morgan fingerprint density at radius 2 is 1.95 bits per heavy atom. The van der Waals surface area contributed by atoms with Crippen LogP contribution in [-0.4, -0.2) is 5.25 Å². The summed E-state index contributed by atoms with van der Waals surface area (Å²) in [6, 6.07) is 5.36. The van der Waals surface area contributed by atoms with Crippen LogP contribution >= 0.6 is 11.8 Å². The molecular weight excluding hydrogens is 283 g/mol. The van der Waals surface area contributed by atoms with Crippen LogP contribution in [0.5, 0.6) is 0 Å². The van der Waals surface area contributed by atoms with Crippen molar-refractivity contribution < 1.29 is 13.2 Å². The van der Waals surface area contributed by atoms with E-state index in [4.69, 9.17) is 5.26 Å². The molecule has 1 aliphatic carbocycles. The molecule has 0 aliphatic heterocycles. The number of nitriles is 1. The molecule has 20 heavy (non-hydrogen) atoms. The van der Waals surface area contributed by atoms with Crippen LogP contribution in [0.4, 0.5) is 13.2 Å². The molecule has 0 N–H and O–H groups in total. The predicted octanol–water partition coefficient (Wildman–Crippen LogP) is 5.25. The van der Waals surface area contributed by atoms with Crippen molar-refractivity contribution in [3.05, 3.63) is 29.3 Å². The minimum Gasteiger partial charge on any atom is -0.192 e. The fourth-order valence-corrected chi connectivity index (χ4v) is 3.92. The Morgan fingerprint density at radius 1 is 1.25 bits per heavy atom. The Hall–Kier alpha value is -1.15. The highest BCUT2D eigenvalue weighted by Gasteiger charge is 2.32. The maximum absolute atomic E-state index is 12.8. The second kappa shape index (κ2) is 6.09. The largest absolute Gasteiger partial charge is 0.416 e. The molecule has 108 valence electrons. The van der Waals surface area contributed by atoms with Crippen LogP contribution in [0.3, 0.4) is 0 Å². The van der Waals surface area contributed by atoms with Gasteiger partial charge in [0.2, 0.25) is 0 Å². The number of halogens is 3. The van der Waals surface area contributed by atoms with Crippen molar-refractivity contribution in [3.8, 4) is 6.07 Å². The molecule has 0 spiro atoms. The van der Waals surface area contributed by atoms with Gasteiger partial charge in [-0.25, -0.2) is 0 Å². The number of rotatable bonds is 2. The van der Waals surface area contributed by atoms with Gasteiger partial charge < -0.3 is 0 Å². The molecule has 0 radical (unpaired) electrons. The van der Waals surface area contributed by atoms with Crippen molar-refractivity contribution >= 4 is 11.8 Å². The lowest BCUT2D eigenvalue weighted by Crippen LogP contribution is -2.19. The smallest absolute Gasteiger partial charge is 0.192 e. The zero-order chi connectivity index (χ0) is 14.8. The monoisotopic (exact) mass is 299 g/mol. The van der Waals surface area contributed by atoms with Crippen LogP contribution in [0.25, 0.3) is 0 Å². The van der Waals surface area contributed by atoms with Gasteiger partial charge in [-0.2, -0.15) is 18.4 Å². The molecular formula is C15H16F3NS. The summed E-state index contributed by atoms with van der Waals surface area (Å²) in [5, 5.41) is 9.37. The van der Waals surface area contributed by atoms with Crippen molar-refractivity contribution in [2.75, 3.05) is 0 Å². The average Bonchev–Trinajstić information content (AvgIpc) is 2.40. The molecule has 2 atom stereocenters. The normalized spacial score (nSPS) is 23.4. The van der Waals surface area contributed by atoms with Gasteiger partial charge in [0, 0.05) is 10.1 Å². The van der Waals surface area contributed by atoms with Gasteiger partial charge in [-0.3, -0.25) is 0 Å². The summed E-state index contributed by atoms with van der Waals surface area (Å²) in [5.41, 5.74) is -0.344. The van der Waals surface area contributed by atoms with Crippen LogP contribution < -0.4 is 0 Å². The topological polar surface area (TPSA) is 23.8 Å². The highest BCUT2D eigenvalue weighted by molar-refractivity contribution is 8.00. The van der Waals surface area contributed by atoms with Gasteiger partial charge in [0.15, 0.2) is 0 Å². The van der Waals surface area contributed by atoms with Crippen LogP contribution in [0.1, 0.15) is 43.7 Å². The van der Waals surface area contributed by atoms with E-state index in [2.05, 4.69) is 6.92 Å². The molecule has 5 heteroatoms. The van der Waals surface area contributed by atoms with Crippen molar-refractivity contribution in [3.63, 3.8) is 0 Å². The van der Waals surface area contributed by atoms with Gasteiger partial charge in [-0.15, -0.1) is 11.8 Å². The number of hydrogen-bond acceptors (Lipinski definition) is 2. The second-order valence-corrected chi connectivity index (χ2v) is 6.52. The molecule has 1 saturated carbocycles. The molecule has 2 unspecified atom stereocenters. The van der Waals surface area contributed by atoms with Crippen LogP contribution in [-0.2, 0) is 6.18 Å². The molecule has 0 amide bonds. The molecule has 1 nitrogen and oxygen atoms in total. The third-order valence-electron chi connectivity index (χ3n) is 3.74.